The largest absolute Gasteiger partial charge is 0.493 e. The van der Waals surface area contributed by atoms with Crippen LogP contribution in [0.25, 0.3) is 0 Å². The van der Waals surface area contributed by atoms with Gasteiger partial charge in [-0.2, -0.15) is 0 Å². The average molecular weight is 638 g/mol. The van der Waals surface area contributed by atoms with Crippen LogP contribution in [0.2, 0.25) is 0 Å². The molecule has 0 saturated heterocycles. The molecule has 0 aliphatic rings. The lowest BCUT2D eigenvalue weighted by Crippen LogP contribution is -2.48. The predicted octanol–water partition coefficient (Wildman–Crippen LogP) is 10.8. The highest BCUT2D eigenvalue weighted by Crippen LogP contribution is 2.48. The van der Waals surface area contributed by atoms with Crippen LogP contribution in [0.4, 0.5) is 0 Å². The van der Waals surface area contributed by atoms with Crippen LogP contribution in [0.5, 0.6) is 11.5 Å². The van der Waals surface area contributed by atoms with Gasteiger partial charge in [-0.15, -0.1) is 0 Å². The van der Waals surface area contributed by atoms with E-state index in [4.69, 9.17) is 15.2 Å². The number of unbranched alkanes of at least 4 members (excludes halogenated alkanes) is 2. The van der Waals surface area contributed by atoms with Crippen molar-refractivity contribution in [3.05, 3.63) is 57.6 Å². The first-order valence-corrected chi connectivity index (χ1v) is 18.0. The second-order valence-corrected chi connectivity index (χ2v) is 18.2. The molecule has 0 bridgehead atoms. The molecular weight excluding hydrogens is 566 g/mol. The summed E-state index contributed by atoms with van der Waals surface area (Å²) in [7, 11) is 0. The average Bonchev–Trinajstić information content (AvgIpc) is 2.89. The first kappa shape index (κ1) is 40.1. The minimum absolute atomic E-state index is 0.218. The monoisotopic (exact) mass is 638 g/mol. The Balaban J connectivity index is 3.18. The molecule has 0 spiro atoms. The summed E-state index contributed by atoms with van der Waals surface area (Å²) in [6, 6.07) is 8.23. The van der Waals surface area contributed by atoms with Crippen LogP contribution in [-0.4, -0.2) is 24.4 Å². The van der Waals surface area contributed by atoms with Gasteiger partial charge < -0.3 is 20.3 Å². The molecule has 0 fully saturated rings. The molecule has 46 heavy (non-hydrogen) atoms. The molecule has 0 aliphatic heterocycles. The second kappa shape index (κ2) is 15.0. The topological polar surface area (TPSA) is 64.7 Å². The zero-order valence-corrected chi connectivity index (χ0v) is 32.8. The maximum Gasteiger partial charge on any atom is 0.130 e. The standard InChI is InChI=1S/C42H71NO3/c1-17-19-21-45-36-31(38(5,6)7)24-29(25-32(36)39(8,9)10)42(44,35(43)23-28(3)4)30-26-33(40(11,12)13)37(46-22-20-18-2)34(27-30)41(14,15)16/h24-28,35,44H,17-23,43H2,1-16H3. The summed E-state index contributed by atoms with van der Waals surface area (Å²) >= 11 is 0. The van der Waals surface area contributed by atoms with Gasteiger partial charge in [0.05, 0.1) is 13.2 Å². The Morgan fingerprint density at radius 3 is 1.09 bits per heavy atom. The first-order chi connectivity index (χ1) is 20.9. The van der Waals surface area contributed by atoms with E-state index in [9.17, 15) is 5.11 Å². The number of rotatable bonds is 13. The molecule has 0 aliphatic carbocycles. The highest BCUT2D eigenvalue weighted by atomic mass is 16.5. The summed E-state index contributed by atoms with van der Waals surface area (Å²) in [5, 5.41) is 13.4. The highest BCUT2D eigenvalue weighted by Gasteiger charge is 2.43. The van der Waals surface area contributed by atoms with Crippen molar-refractivity contribution in [1.29, 1.82) is 0 Å². The predicted molar refractivity (Wildman–Crippen MR) is 199 cm³/mol. The summed E-state index contributed by atoms with van der Waals surface area (Å²) in [5.74, 6) is 2.20. The third-order valence-electron chi connectivity index (χ3n) is 9.04. The van der Waals surface area contributed by atoms with Crippen LogP contribution < -0.4 is 15.2 Å². The smallest absolute Gasteiger partial charge is 0.130 e. The molecule has 1 atom stereocenters. The zero-order chi connectivity index (χ0) is 35.5. The fourth-order valence-electron chi connectivity index (χ4n) is 6.15. The van der Waals surface area contributed by atoms with Gasteiger partial charge in [0.2, 0.25) is 0 Å². The lowest BCUT2D eigenvalue weighted by molar-refractivity contribution is 0.0435. The van der Waals surface area contributed by atoms with Crippen molar-refractivity contribution in [3.63, 3.8) is 0 Å². The van der Waals surface area contributed by atoms with Gasteiger partial charge in [-0.3, -0.25) is 0 Å². The van der Waals surface area contributed by atoms with Crippen LogP contribution in [0, 0.1) is 5.92 Å². The molecule has 0 heterocycles. The third-order valence-corrected chi connectivity index (χ3v) is 9.04. The molecule has 0 saturated carbocycles. The molecule has 2 aromatic rings. The third kappa shape index (κ3) is 9.53. The number of hydrogen-bond donors (Lipinski definition) is 2. The minimum atomic E-state index is -1.45. The van der Waals surface area contributed by atoms with Crippen LogP contribution in [0.1, 0.15) is 176 Å². The molecule has 4 nitrogen and oxygen atoms in total. The van der Waals surface area contributed by atoms with Gasteiger partial charge in [0.1, 0.15) is 17.1 Å². The summed E-state index contributed by atoms with van der Waals surface area (Å²) < 4.78 is 13.2. The van der Waals surface area contributed by atoms with Crippen LogP contribution in [0.3, 0.4) is 0 Å². The Hall–Kier alpha value is -2.04. The summed E-state index contributed by atoms with van der Waals surface area (Å²) in [5.41, 5.74) is 11.0. The normalized spacial score (nSPS) is 14.2. The summed E-state index contributed by atoms with van der Waals surface area (Å²) in [4.78, 5) is 0. The zero-order valence-electron chi connectivity index (χ0n) is 32.8. The molecule has 0 radical (unpaired) electrons. The van der Waals surface area contributed by atoms with Crippen molar-refractivity contribution >= 4 is 0 Å². The molecule has 2 aromatic carbocycles. The molecular formula is C42H71NO3. The van der Waals surface area contributed by atoms with Gasteiger partial charge in [0, 0.05) is 28.3 Å². The van der Waals surface area contributed by atoms with E-state index in [1.54, 1.807) is 0 Å². The Morgan fingerprint density at radius 1 is 0.587 bits per heavy atom. The number of nitrogens with two attached hydrogens (primary N) is 1. The quantitative estimate of drug-likeness (QED) is 0.215. The number of hydrogen-bond acceptors (Lipinski definition) is 4. The summed E-state index contributed by atoms with van der Waals surface area (Å²) in [6.45, 7) is 36.9. The maximum absolute atomic E-state index is 13.4. The van der Waals surface area contributed by atoms with E-state index in [2.05, 4.69) is 135 Å². The SMILES string of the molecule is CCCCOc1c(C(C)(C)C)cc(C(O)(c2cc(C(C)(C)C)c(OCCCC)c(C(C)(C)C)c2)C(N)CC(C)C)cc1C(C)(C)C. The van der Waals surface area contributed by atoms with Gasteiger partial charge in [-0.25, -0.2) is 0 Å². The number of ether oxygens (including phenoxy) is 2. The van der Waals surface area contributed by atoms with Crippen LogP contribution >= 0.6 is 0 Å². The molecule has 1 unspecified atom stereocenters. The van der Waals surface area contributed by atoms with Gasteiger partial charge in [-0.1, -0.05) is 124 Å². The maximum atomic E-state index is 13.4. The van der Waals surface area contributed by atoms with E-state index in [-0.39, 0.29) is 21.7 Å². The van der Waals surface area contributed by atoms with E-state index in [1.165, 1.54) is 0 Å². The fraction of sp³-hybridized carbons (Fsp3) is 0.714. The van der Waals surface area contributed by atoms with E-state index in [0.29, 0.717) is 25.6 Å². The first-order valence-electron chi connectivity index (χ1n) is 18.0. The molecule has 0 aromatic heterocycles. The van der Waals surface area contributed by atoms with Crippen molar-refractivity contribution in [2.24, 2.45) is 11.7 Å². The van der Waals surface area contributed by atoms with Gasteiger partial charge in [0.15, 0.2) is 0 Å². The molecule has 262 valence electrons. The van der Waals surface area contributed by atoms with E-state index >= 15 is 0 Å². The highest BCUT2D eigenvalue weighted by molar-refractivity contribution is 5.58. The number of benzene rings is 2. The van der Waals surface area contributed by atoms with Crippen molar-refractivity contribution in [3.8, 4) is 11.5 Å². The Labute approximate surface area is 284 Å². The molecule has 0 amide bonds. The van der Waals surface area contributed by atoms with Gasteiger partial charge >= 0.3 is 0 Å². The molecule has 4 heteroatoms. The van der Waals surface area contributed by atoms with E-state index < -0.39 is 11.6 Å². The second-order valence-electron chi connectivity index (χ2n) is 18.2. The number of aliphatic hydroxyl groups is 1. The fourth-order valence-corrected chi connectivity index (χ4v) is 6.15. The van der Waals surface area contributed by atoms with Crippen LogP contribution in [0.15, 0.2) is 24.3 Å². The van der Waals surface area contributed by atoms with Crippen LogP contribution in [-0.2, 0) is 27.3 Å². The van der Waals surface area contributed by atoms with E-state index in [1.807, 2.05) is 0 Å². The van der Waals surface area contributed by atoms with E-state index in [0.717, 1.165) is 70.6 Å². The lowest BCUT2D eigenvalue weighted by Gasteiger charge is -2.41. The van der Waals surface area contributed by atoms with Crippen molar-refractivity contribution in [2.75, 3.05) is 13.2 Å². The Bertz CT molecular complexity index is 1120. The molecule has 2 rings (SSSR count). The van der Waals surface area contributed by atoms with Crippen molar-refractivity contribution in [1.82, 2.24) is 0 Å². The van der Waals surface area contributed by atoms with Crippen molar-refractivity contribution in [2.45, 2.75) is 176 Å². The minimum Gasteiger partial charge on any atom is -0.493 e. The Kier molecular flexibility index (Phi) is 13.1. The van der Waals surface area contributed by atoms with Gasteiger partial charge in [-0.05, 0) is 82.2 Å². The molecule has 3 N–H and O–H groups in total. The van der Waals surface area contributed by atoms with Gasteiger partial charge in [0.25, 0.3) is 0 Å². The Morgan fingerprint density at radius 2 is 0.870 bits per heavy atom. The van der Waals surface area contributed by atoms with Crippen molar-refractivity contribution < 1.29 is 14.6 Å². The summed E-state index contributed by atoms with van der Waals surface area (Å²) in [6.07, 6.45) is 4.81. The lowest BCUT2D eigenvalue weighted by atomic mass is 9.70.